The Balaban J connectivity index is 1.43. The summed E-state index contributed by atoms with van der Waals surface area (Å²) in [6, 6.07) is 7.38. The van der Waals surface area contributed by atoms with Gasteiger partial charge in [-0.2, -0.15) is 0 Å². The fraction of sp³-hybridized carbons (Fsp3) is 0.538. The molecule has 0 aromatic heterocycles. The first-order chi connectivity index (χ1) is 15.2. The van der Waals surface area contributed by atoms with Crippen LogP contribution in [-0.4, -0.2) is 6.36 Å². The van der Waals surface area contributed by atoms with E-state index in [1.807, 2.05) is 0 Å². The summed E-state index contributed by atoms with van der Waals surface area (Å²) in [4.78, 5) is 0. The normalized spacial score (nSPS) is 26.7. The fourth-order valence-electron chi connectivity index (χ4n) is 5.61. The Hall–Kier alpha value is -2.11. The molecule has 0 heterocycles. The zero-order valence-electron chi connectivity index (χ0n) is 18.2. The summed E-state index contributed by atoms with van der Waals surface area (Å²) in [5.74, 6) is 0.705. The highest BCUT2D eigenvalue weighted by Crippen LogP contribution is 2.44. The molecule has 0 atom stereocenters. The van der Waals surface area contributed by atoms with Gasteiger partial charge in [0.05, 0.1) is 5.56 Å². The van der Waals surface area contributed by atoms with Crippen molar-refractivity contribution in [3.8, 4) is 16.9 Å². The number of benzene rings is 2. The average molecular weight is 453 g/mol. The fourth-order valence-corrected chi connectivity index (χ4v) is 5.61. The maximum atomic E-state index is 14.9. The molecule has 32 heavy (non-hydrogen) atoms. The van der Waals surface area contributed by atoms with Gasteiger partial charge in [-0.25, -0.2) is 8.78 Å². The lowest BCUT2D eigenvalue weighted by Crippen LogP contribution is -2.24. The Morgan fingerprint density at radius 3 is 1.75 bits per heavy atom. The Bertz CT molecular complexity index is 882. The molecule has 2 fully saturated rings. The van der Waals surface area contributed by atoms with E-state index in [0.29, 0.717) is 5.56 Å². The standard InChI is InChI=1S/C26H29F5O/c1-16-2-4-17(5-3-16)18-6-8-19(9-7-18)21-14-23(27)25(24(28)15-21)20-10-12-22(13-11-20)32-26(29,30)31/h10-19H,2-9H2,1H3. The number of hydrogen-bond donors (Lipinski definition) is 0. The lowest BCUT2D eigenvalue weighted by atomic mass is 9.68. The van der Waals surface area contributed by atoms with E-state index in [9.17, 15) is 22.0 Å². The van der Waals surface area contributed by atoms with Crippen molar-refractivity contribution in [3.63, 3.8) is 0 Å². The first-order valence-corrected chi connectivity index (χ1v) is 11.5. The summed E-state index contributed by atoms with van der Waals surface area (Å²) in [5.41, 5.74) is 0.630. The van der Waals surface area contributed by atoms with Crippen LogP contribution in [0.3, 0.4) is 0 Å². The van der Waals surface area contributed by atoms with Crippen LogP contribution in [0, 0.1) is 29.4 Å². The van der Waals surface area contributed by atoms with Gasteiger partial charge in [0.1, 0.15) is 17.4 Å². The predicted molar refractivity (Wildman–Crippen MR) is 114 cm³/mol. The zero-order chi connectivity index (χ0) is 22.9. The van der Waals surface area contributed by atoms with Crippen LogP contribution >= 0.6 is 0 Å². The third-order valence-electron chi connectivity index (χ3n) is 7.41. The molecule has 0 saturated heterocycles. The first-order valence-electron chi connectivity index (χ1n) is 11.5. The molecule has 174 valence electrons. The van der Waals surface area contributed by atoms with Gasteiger partial charge in [-0.05, 0) is 97.6 Å². The molecule has 2 saturated carbocycles. The zero-order valence-corrected chi connectivity index (χ0v) is 18.2. The lowest BCUT2D eigenvalue weighted by molar-refractivity contribution is -0.274. The molecule has 2 aromatic carbocycles. The maximum absolute atomic E-state index is 14.9. The van der Waals surface area contributed by atoms with E-state index in [4.69, 9.17) is 0 Å². The maximum Gasteiger partial charge on any atom is 0.573 e. The van der Waals surface area contributed by atoms with Gasteiger partial charge in [0.15, 0.2) is 0 Å². The van der Waals surface area contributed by atoms with Gasteiger partial charge in [-0.15, -0.1) is 13.2 Å². The molecule has 0 N–H and O–H groups in total. The molecule has 2 aliphatic carbocycles. The van der Waals surface area contributed by atoms with Gasteiger partial charge in [0, 0.05) is 0 Å². The van der Waals surface area contributed by atoms with Crippen molar-refractivity contribution < 1.29 is 26.7 Å². The van der Waals surface area contributed by atoms with Gasteiger partial charge in [-0.1, -0.05) is 31.9 Å². The third kappa shape index (κ3) is 5.44. The second-order valence-corrected chi connectivity index (χ2v) is 9.56. The van der Waals surface area contributed by atoms with Crippen molar-refractivity contribution in [2.24, 2.45) is 17.8 Å². The van der Waals surface area contributed by atoms with Crippen LogP contribution in [0.2, 0.25) is 0 Å². The van der Waals surface area contributed by atoms with E-state index >= 15 is 0 Å². The van der Waals surface area contributed by atoms with Gasteiger partial charge in [0.2, 0.25) is 0 Å². The molecule has 0 unspecified atom stereocenters. The number of hydrogen-bond acceptors (Lipinski definition) is 1. The molecule has 2 aromatic rings. The summed E-state index contributed by atoms with van der Waals surface area (Å²) >= 11 is 0. The van der Waals surface area contributed by atoms with Gasteiger partial charge < -0.3 is 4.74 Å². The monoisotopic (exact) mass is 452 g/mol. The van der Waals surface area contributed by atoms with Crippen LogP contribution in [0.25, 0.3) is 11.1 Å². The topological polar surface area (TPSA) is 9.23 Å². The summed E-state index contributed by atoms with van der Waals surface area (Å²) in [6.45, 7) is 2.32. The third-order valence-corrected chi connectivity index (χ3v) is 7.41. The molecule has 0 bridgehead atoms. The number of alkyl halides is 3. The van der Waals surface area contributed by atoms with Gasteiger partial charge in [0.25, 0.3) is 0 Å². The largest absolute Gasteiger partial charge is 0.573 e. The predicted octanol–water partition coefficient (Wildman–Crippen LogP) is 8.63. The van der Waals surface area contributed by atoms with Gasteiger partial charge >= 0.3 is 6.36 Å². The highest BCUT2D eigenvalue weighted by atomic mass is 19.4. The van der Waals surface area contributed by atoms with Crippen molar-refractivity contribution in [2.75, 3.05) is 0 Å². The van der Waals surface area contributed by atoms with Gasteiger partial charge in [-0.3, -0.25) is 0 Å². The van der Waals surface area contributed by atoms with Crippen LogP contribution < -0.4 is 4.74 Å². The van der Waals surface area contributed by atoms with Crippen LogP contribution in [0.5, 0.6) is 5.75 Å². The van der Waals surface area contributed by atoms with Crippen LogP contribution in [0.4, 0.5) is 22.0 Å². The van der Waals surface area contributed by atoms with Crippen molar-refractivity contribution in [1.29, 1.82) is 0 Å². The number of rotatable bonds is 4. The molecule has 4 rings (SSSR count). The molecule has 0 aliphatic heterocycles. The number of ether oxygens (including phenoxy) is 1. The molecule has 6 heteroatoms. The van der Waals surface area contributed by atoms with E-state index in [1.165, 1.54) is 49.9 Å². The summed E-state index contributed by atoms with van der Waals surface area (Å²) in [7, 11) is 0. The van der Waals surface area contributed by atoms with Crippen LogP contribution in [-0.2, 0) is 0 Å². The average Bonchev–Trinajstić information content (AvgIpc) is 2.74. The smallest absolute Gasteiger partial charge is 0.406 e. The minimum absolute atomic E-state index is 0.148. The van der Waals surface area contributed by atoms with E-state index in [2.05, 4.69) is 11.7 Å². The second kappa shape index (κ2) is 9.40. The highest BCUT2D eigenvalue weighted by Gasteiger charge is 2.32. The molecular weight excluding hydrogens is 423 g/mol. The van der Waals surface area contributed by atoms with Crippen molar-refractivity contribution in [2.45, 2.75) is 70.6 Å². The molecule has 2 aliphatic rings. The Labute approximate surface area is 186 Å². The molecule has 1 nitrogen and oxygen atoms in total. The molecule has 0 spiro atoms. The summed E-state index contributed by atoms with van der Waals surface area (Å²) in [5, 5.41) is 0. The van der Waals surface area contributed by atoms with Crippen LogP contribution in [0.15, 0.2) is 36.4 Å². The van der Waals surface area contributed by atoms with Crippen molar-refractivity contribution >= 4 is 0 Å². The molecule has 0 amide bonds. The highest BCUT2D eigenvalue weighted by molar-refractivity contribution is 5.66. The Morgan fingerprint density at radius 1 is 0.750 bits per heavy atom. The Kier molecular flexibility index (Phi) is 6.78. The lowest BCUT2D eigenvalue weighted by Gasteiger charge is -2.37. The minimum atomic E-state index is -4.81. The van der Waals surface area contributed by atoms with E-state index < -0.39 is 23.7 Å². The van der Waals surface area contributed by atoms with E-state index in [-0.39, 0.29) is 17.0 Å². The SMILES string of the molecule is CC1CCC(C2CCC(c3cc(F)c(-c4ccc(OC(F)(F)F)cc4)c(F)c3)CC2)CC1. The summed E-state index contributed by atoms with van der Waals surface area (Å²) in [6.07, 6.45) is 4.52. The number of halogens is 5. The molecular formula is C26H29F5O. The minimum Gasteiger partial charge on any atom is -0.406 e. The van der Waals surface area contributed by atoms with Crippen molar-refractivity contribution in [1.82, 2.24) is 0 Å². The van der Waals surface area contributed by atoms with Crippen LogP contribution in [0.1, 0.15) is 69.8 Å². The quantitative estimate of drug-likeness (QED) is 0.422. The van der Waals surface area contributed by atoms with E-state index in [1.54, 1.807) is 0 Å². The first kappa shape index (κ1) is 23.1. The van der Waals surface area contributed by atoms with Crippen molar-refractivity contribution in [3.05, 3.63) is 53.6 Å². The molecule has 0 radical (unpaired) electrons. The second-order valence-electron chi connectivity index (χ2n) is 9.56. The summed E-state index contributed by atoms with van der Waals surface area (Å²) < 4.78 is 70.5. The van der Waals surface area contributed by atoms with E-state index in [0.717, 1.165) is 55.6 Å². The Morgan fingerprint density at radius 2 is 1.25 bits per heavy atom.